The first-order valence-corrected chi connectivity index (χ1v) is 7.71. The van der Waals surface area contributed by atoms with Gasteiger partial charge in [0.1, 0.15) is 0 Å². The summed E-state index contributed by atoms with van der Waals surface area (Å²) in [5.41, 5.74) is 0.811. The van der Waals surface area contributed by atoms with E-state index in [9.17, 15) is 4.79 Å². The number of rotatable bonds is 3. The molecular formula is C15H21BrN2O2. The van der Waals surface area contributed by atoms with E-state index in [4.69, 9.17) is 4.74 Å². The van der Waals surface area contributed by atoms with E-state index in [1.165, 1.54) is 0 Å². The molecule has 2 rings (SSSR count). The Labute approximate surface area is 128 Å². The second-order valence-corrected chi connectivity index (χ2v) is 6.30. The van der Waals surface area contributed by atoms with Crippen LogP contribution >= 0.6 is 15.9 Å². The number of morpholine rings is 1. The Morgan fingerprint density at radius 2 is 2.05 bits per heavy atom. The molecule has 1 aromatic rings. The lowest BCUT2D eigenvalue weighted by molar-refractivity contribution is -0.126. The highest BCUT2D eigenvalue weighted by molar-refractivity contribution is 9.10. The fraction of sp³-hybridized carbons (Fsp3) is 0.533. The third kappa shape index (κ3) is 4.04. The Kier molecular flexibility index (Phi) is 5.18. The molecule has 0 spiro atoms. The van der Waals surface area contributed by atoms with Crippen molar-refractivity contribution < 1.29 is 9.53 Å². The van der Waals surface area contributed by atoms with Crippen LogP contribution in [0.1, 0.15) is 20.8 Å². The van der Waals surface area contributed by atoms with Crippen molar-refractivity contribution in [1.29, 1.82) is 0 Å². The number of nitrogens with one attached hydrogen (secondary N) is 1. The van der Waals surface area contributed by atoms with Gasteiger partial charge >= 0.3 is 0 Å². The Bertz CT molecular complexity index is 471. The van der Waals surface area contributed by atoms with Crippen molar-refractivity contribution in [2.75, 3.05) is 18.4 Å². The van der Waals surface area contributed by atoms with Crippen LogP contribution in [0.5, 0.6) is 0 Å². The number of anilines is 1. The molecule has 3 atom stereocenters. The summed E-state index contributed by atoms with van der Waals surface area (Å²) in [6, 6.07) is 7.46. The van der Waals surface area contributed by atoms with Gasteiger partial charge in [-0.15, -0.1) is 0 Å². The molecule has 0 bridgehead atoms. The average Bonchev–Trinajstić information content (AvgIpc) is 2.36. The topological polar surface area (TPSA) is 41.6 Å². The second-order valence-electron chi connectivity index (χ2n) is 5.39. The van der Waals surface area contributed by atoms with Crippen LogP contribution < -0.4 is 5.32 Å². The normalized spacial score (nSPS) is 25.2. The van der Waals surface area contributed by atoms with E-state index in [0.29, 0.717) is 0 Å². The summed E-state index contributed by atoms with van der Waals surface area (Å²) in [7, 11) is 0. The summed E-state index contributed by atoms with van der Waals surface area (Å²) in [6.45, 7) is 7.61. The first-order chi connectivity index (χ1) is 9.45. The second kappa shape index (κ2) is 6.70. The van der Waals surface area contributed by atoms with E-state index in [1.807, 2.05) is 45.0 Å². The lowest BCUT2D eigenvalue weighted by Gasteiger charge is -2.38. The van der Waals surface area contributed by atoms with Crippen LogP contribution in [0.4, 0.5) is 5.69 Å². The minimum absolute atomic E-state index is 0.0180. The molecule has 0 aliphatic carbocycles. The van der Waals surface area contributed by atoms with Gasteiger partial charge in [-0.2, -0.15) is 0 Å². The van der Waals surface area contributed by atoms with Crippen LogP contribution in [0, 0.1) is 0 Å². The first kappa shape index (κ1) is 15.5. The van der Waals surface area contributed by atoms with E-state index >= 15 is 0 Å². The van der Waals surface area contributed by atoms with Crippen LogP contribution in [-0.2, 0) is 9.53 Å². The van der Waals surface area contributed by atoms with E-state index in [-0.39, 0.29) is 24.2 Å². The fourth-order valence-electron chi connectivity index (χ4n) is 2.51. The molecule has 1 N–H and O–H groups in total. The minimum Gasteiger partial charge on any atom is -0.373 e. The Hall–Kier alpha value is -0.910. The summed E-state index contributed by atoms with van der Waals surface area (Å²) >= 11 is 3.40. The number of hydrogen-bond donors (Lipinski definition) is 1. The van der Waals surface area contributed by atoms with Gasteiger partial charge in [0.2, 0.25) is 5.91 Å². The van der Waals surface area contributed by atoms with Crippen molar-refractivity contribution in [2.24, 2.45) is 0 Å². The van der Waals surface area contributed by atoms with Crippen molar-refractivity contribution >= 4 is 27.5 Å². The highest BCUT2D eigenvalue weighted by Gasteiger charge is 2.29. The van der Waals surface area contributed by atoms with Crippen LogP contribution in [0.3, 0.4) is 0 Å². The van der Waals surface area contributed by atoms with Gasteiger partial charge in [-0.3, -0.25) is 9.69 Å². The van der Waals surface area contributed by atoms with Gasteiger partial charge in [-0.25, -0.2) is 0 Å². The smallest absolute Gasteiger partial charge is 0.241 e. The van der Waals surface area contributed by atoms with Gasteiger partial charge < -0.3 is 10.1 Å². The minimum atomic E-state index is -0.164. The molecule has 1 heterocycles. The number of amides is 1. The van der Waals surface area contributed by atoms with Crippen LogP contribution in [0.2, 0.25) is 0 Å². The molecule has 4 nitrogen and oxygen atoms in total. The van der Waals surface area contributed by atoms with Gasteiger partial charge in [0, 0.05) is 23.2 Å². The van der Waals surface area contributed by atoms with Crippen LogP contribution in [0.15, 0.2) is 28.7 Å². The number of carbonyl (C=O) groups is 1. The predicted molar refractivity (Wildman–Crippen MR) is 83.8 cm³/mol. The number of ether oxygens (including phenoxy) is 1. The number of halogens is 1. The van der Waals surface area contributed by atoms with Crippen LogP contribution in [0.25, 0.3) is 0 Å². The molecule has 1 amide bonds. The molecule has 0 radical (unpaired) electrons. The fourth-order valence-corrected chi connectivity index (χ4v) is 2.91. The third-order valence-electron chi connectivity index (χ3n) is 3.47. The van der Waals surface area contributed by atoms with Crippen LogP contribution in [-0.4, -0.2) is 42.1 Å². The number of benzene rings is 1. The van der Waals surface area contributed by atoms with Crippen molar-refractivity contribution in [3.05, 3.63) is 28.7 Å². The molecule has 0 unspecified atom stereocenters. The van der Waals surface area contributed by atoms with Gasteiger partial charge in [0.15, 0.2) is 0 Å². The summed E-state index contributed by atoms with van der Waals surface area (Å²) < 4.78 is 6.66. The molecule has 1 fully saturated rings. The zero-order valence-electron chi connectivity index (χ0n) is 12.1. The number of nitrogens with zero attached hydrogens (tertiary/aromatic N) is 1. The molecule has 0 saturated carbocycles. The molecule has 1 aliphatic rings. The van der Waals surface area contributed by atoms with Gasteiger partial charge in [-0.05, 0) is 39.0 Å². The molecule has 5 heteroatoms. The maximum atomic E-state index is 12.3. The van der Waals surface area contributed by atoms with Crippen molar-refractivity contribution in [1.82, 2.24) is 4.90 Å². The molecule has 0 aromatic heterocycles. The molecule has 110 valence electrons. The van der Waals surface area contributed by atoms with E-state index in [0.717, 1.165) is 23.2 Å². The quantitative estimate of drug-likeness (QED) is 0.919. The predicted octanol–water partition coefficient (Wildman–Crippen LogP) is 2.89. The Morgan fingerprint density at radius 3 is 2.65 bits per heavy atom. The largest absolute Gasteiger partial charge is 0.373 e. The SMILES string of the molecule is C[C@@H]1CN([C@@H](C)C(=O)Nc2cccc(Br)c2)C[C@H](C)O1. The average molecular weight is 341 g/mol. The van der Waals surface area contributed by atoms with E-state index < -0.39 is 0 Å². The number of carbonyl (C=O) groups excluding carboxylic acids is 1. The van der Waals surface area contributed by atoms with E-state index in [2.05, 4.69) is 26.1 Å². The lowest BCUT2D eigenvalue weighted by Crippen LogP contribution is -2.52. The monoisotopic (exact) mass is 340 g/mol. The standard InChI is InChI=1S/C15H21BrN2O2/c1-10-8-18(9-11(2)20-10)12(3)15(19)17-14-6-4-5-13(16)7-14/h4-7,10-12H,8-9H2,1-3H3,(H,17,19)/t10-,11+,12-/m0/s1. The summed E-state index contributed by atoms with van der Waals surface area (Å²) in [6.07, 6.45) is 0.333. The van der Waals surface area contributed by atoms with Crippen molar-refractivity contribution in [2.45, 2.75) is 39.0 Å². The zero-order valence-corrected chi connectivity index (χ0v) is 13.7. The molecule has 1 aliphatic heterocycles. The summed E-state index contributed by atoms with van der Waals surface area (Å²) in [5.74, 6) is 0.0180. The summed E-state index contributed by atoms with van der Waals surface area (Å²) in [4.78, 5) is 14.5. The molecule has 1 saturated heterocycles. The maximum absolute atomic E-state index is 12.3. The van der Waals surface area contributed by atoms with Crippen molar-refractivity contribution in [3.63, 3.8) is 0 Å². The first-order valence-electron chi connectivity index (χ1n) is 6.91. The molecular weight excluding hydrogens is 320 g/mol. The number of hydrogen-bond acceptors (Lipinski definition) is 3. The molecule has 1 aromatic carbocycles. The molecule has 20 heavy (non-hydrogen) atoms. The third-order valence-corrected chi connectivity index (χ3v) is 3.96. The lowest BCUT2D eigenvalue weighted by atomic mass is 10.1. The Morgan fingerprint density at radius 1 is 1.40 bits per heavy atom. The Balaban J connectivity index is 1.98. The van der Waals surface area contributed by atoms with Gasteiger partial charge in [-0.1, -0.05) is 22.0 Å². The highest BCUT2D eigenvalue weighted by atomic mass is 79.9. The summed E-state index contributed by atoms with van der Waals surface area (Å²) in [5, 5.41) is 2.96. The zero-order chi connectivity index (χ0) is 14.7. The van der Waals surface area contributed by atoms with Gasteiger partial charge in [0.25, 0.3) is 0 Å². The maximum Gasteiger partial charge on any atom is 0.241 e. The van der Waals surface area contributed by atoms with E-state index in [1.54, 1.807) is 0 Å². The van der Waals surface area contributed by atoms with Crippen molar-refractivity contribution in [3.8, 4) is 0 Å². The van der Waals surface area contributed by atoms with Gasteiger partial charge in [0.05, 0.1) is 18.2 Å². The highest BCUT2D eigenvalue weighted by Crippen LogP contribution is 2.18.